The highest BCUT2D eigenvalue weighted by Crippen LogP contribution is 2.46. The third-order valence-corrected chi connectivity index (χ3v) is 5.22. The summed E-state index contributed by atoms with van der Waals surface area (Å²) in [4.78, 5) is 15.1. The Morgan fingerprint density at radius 2 is 2.10 bits per heavy atom. The number of amides is 1. The first-order valence-corrected chi connectivity index (χ1v) is 8.48. The van der Waals surface area contributed by atoms with Gasteiger partial charge in [0, 0.05) is 30.6 Å². The standard InChI is InChI=1S/C15H21ClN2O2S/c1-15(2,3)20-14(19)18-7-10-11(8-18)13(10)17-6-9-4-5-12(16)21-9/h4-5,10-11,13,17H,6-8H2,1-3H3. The van der Waals surface area contributed by atoms with Crippen molar-refractivity contribution in [3.63, 3.8) is 0 Å². The molecule has 1 saturated carbocycles. The van der Waals surface area contributed by atoms with Crippen LogP contribution in [0.2, 0.25) is 4.34 Å². The van der Waals surface area contributed by atoms with Gasteiger partial charge < -0.3 is 15.0 Å². The molecule has 3 rings (SSSR count). The quantitative estimate of drug-likeness (QED) is 0.925. The molecule has 0 bridgehead atoms. The predicted octanol–water partition coefficient (Wildman–Crippen LogP) is 3.36. The van der Waals surface area contributed by atoms with E-state index in [1.165, 1.54) is 4.88 Å². The summed E-state index contributed by atoms with van der Waals surface area (Å²) in [6, 6.07) is 4.52. The molecular formula is C15H21ClN2O2S. The minimum absolute atomic E-state index is 0.182. The highest BCUT2D eigenvalue weighted by atomic mass is 35.5. The second-order valence-corrected chi connectivity index (χ2v) is 8.63. The lowest BCUT2D eigenvalue weighted by Crippen LogP contribution is -2.39. The van der Waals surface area contributed by atoms with Crippen LogP contribution in [0.25, 0.3) is 0 Å². The molecule has 1 aliphatic heterocycles. The van der Waals surface area contributed by atoms with Crippen molar-refractivity contribution in [3.8, 4) is 0 Å². The smallest absolute Gasteiger partial charge is 0.410 e. The third-order valence-electron chi connectivity index (χ3n) is 3.99. The van der Waals surface area contributed by atoms with Gasteiger partial charge in [-0.1, -0.05) is 11.6 Å². The molecule has 116 valence electrons. The number of carbonyl (C=O) groups excluding carboxylic acids is 1. The number of halogens is 1. The van der Waals surface area contributed by atoms with Crippen molar-refractivity contribution >= 4 is 29.0 Å². The van der Waals surface area contributed by atoms with E-state index in [1.807, 2.05) is 31.7 Å². The van der Waals surface area contributed by atoms with Crippen LogP contribution in [0.3, 0.4) is 0 Å². The molecule has 21 heavy (non-hydrogen) atoms. The van der Waals surface area contributed by atoms with Gasteiger partial charge in [0.25, 0.3) is 0 Å². The zero-order valence-electron chi connectivity index (χ0n) is 12.6. The Labute approximate surface area is 134 Å². The molecule has 1 N–H and O–H groups in total. The number of carbonyl (C=O) groups is 1. The van der Waals surface area contributed by atoms with Crippen molar-refractivity contribution < 1.29 is 9.53 Å². The van der Waals surface area contributed by atoms with E-state index in [0.717, 1.165) is 24.0 Å². The van der Waals surface area contributed by atoms with Gasteiger partial charge >= 0.3 is 6.09 Å². The van der Waals surface area contributed by atoms with Crippen LogP contribution in [0.15, 0.2) is 12.1 Å². The molecule has 6 heteroatoms. The second kappa shape index (κ2) is 5.45. The van der Waals surface area contributed by atoms with Gasteiger partial charge in [-0.3, -0.25) is 0 Å². The summed E-state index contributed by atoms with van der Waals surface area (Å²) in [5.74, 6) is 1.15. The van der Waals surface area contributed by atoms with Gasteiger partial charge in [-0.15, -0.1) is 11.3 Å². The zero-order chi connectivity index (χ0) is 15.2. The number of hydrogen-bond acceptors (Lipinski definition) is 4. The molecule has 1 aromatic rings. The molecule has 2 aliphatic rings. The van der Waals surface area contributed by atoms with Crippen LogP contribution in [-0.2, 0) is 11.3 Å². The molecule has 0 aromatic carbocycles. The number of nitrogens with one attached hydrogen (secondary N) is 1. The van der Waals surface area contributed by atoms with E-state index in [9.17, 15) is 4.79 Å². The van der Waals surface area contributed by atoms with Gasteiger partial charge in [0.05, 0.1) is 4.34 Å². The van der Waals surface area contributed by atoms with Crippen molar-refractivity contribution in [1.29, 1.82) is 0 Å². The number of likely N-dealkylation sites (tertiary alicyclic amines) is 1. The molecule has 2 atom stereocenters. The number of ether oxygens (including phenoxy) is 1. The fourth-order valence-corrected chi connectivity index (χ4v) is 4.01. The van der Waals surface area contributed by atoms with Crippen LogP contribution in [0.1, 0.15) is 25.6 Å². The van der Waals surface area contributed by atoms with Crippen molar-refractivity contribution in [2.45, 2.75) is 39.0 Å². The predicted molar refractivity (Wildman–Crippen MR) is 84.7 cm³/mol. The summed E-state index contributed by atoms with van der Waals surface area (Å²) in [6.07, 6.45) is -0.182. The molecule has 0 radical (unpaired) electrons. The summed E-state index contributed by atoms with van der Waals surface area (Å²) >= 11 is 7.54. The molecule has 0 spiro atoms. The fourth-order valence-electron chi connectivity index (χ4n) is 2.97. The van der Waals surface area contributed by atoms with E-state index < -0.39 is 5.60 Å². The first-order valence-electron chi connectivity index (χ1n) is 7.29. The van der Waals surface area contributed by atoms with Gasteiger partial charge in [-0.05, 0) is 44.7 Å². The Hall–Kier alpha value is -0.780. The summed E-state index contributed by atoms with van der Waals surface area (Å²) in [5.41, 5.74) is -0.417. The van der Waals surface area contributed by atoms with Crippen molar-refractivity contribution in [2.24, 2.45) is 11.8 Å². The summed E-state index contributed by atoms with van der Waals surface area (Å²) in [5, 5.41) is 3.57. The molecule has 1 aliphatic carbocycles. The summed E-state index contributed by atoms with van der Waals surface area (Å²) in [6.45, 7) is 8.18. The lowest BCUT2D eigenvalue weighted by atomic mass is 10.2. The maximum absolute atomic E-state index is 12.0. The first-order chi connectivity index (χ1) is 9.83. The Kier molecular flexibility index (Phi) is 3.93. The maximum atomic E-state index is 12.0. The second-order valence-electron chi connectivity index (χ2n) is 6.83. The van der Waals surface area contributed by atoms with E-state index in [4.69, 9.17) is 16.3 Å². The number of fused-ring (bicyclic) bond motifs is 1. The van der Waals surface area contributed by atoms with Crippen LogP contribution < -0.4 is 5.32 Å². The third kappa shape index (κ3) is 3.52. The Morgan fingerprint density at radius 3 is 2.62 bits per heavy atom. The molecule has 2 fully saturated rings. The summed E-state index contributed by atoms with van der Waals surface area (Å²) < 4.78 is 6.24. The van der Waals surface area contributed by atoms with Gasteiger partial charge in [0.1, 0.15) is 5.60 Å². The molecule has 1 saturated heterocycles. The largest absolute Gasteiger partial charge is 0.444 e. The Morgan fingerprint density at radius 1 is 1.43 bits per heavy atom. The molecule has 4 nitrogen and oxygen atoms in total. The summed E-state index contributed by atoms with van der Waals surface area (Å²) in [7, 11) is 0. The first kappa shape index (κ1) is 15.1. The lowest BCUT2D eigenvalue weighted by molar-refractivity contribution is 0.0269. The molecular weight excluding hydrogens is 308 g/mol. The molecule has 2 heterocycles. The number of nitrogens with zero attached hydrogens (tertiary/aromatic N) is 1. The van der Waals surface area contributed by atoms with E-state index in [2.05, 4.69) is 11.4 Å². The van der Waals surface area contributed by atoms with Gasteiger partial charge in [-0.2, -0.15) is 0 Å². The number of thiophene rings is 1. The normalized spacial score (nSPS) is 27.6. The van der Waals surface area contributed by atoms with Crippen LogP contribution in [-0.4, -0.2) is 35.7 Å². The van der Waals surface area contributed by atoms with Gasteiger partial charge in [0.2, 0.25) is 0 Å². The molecule has 1 amide bonds. The van der Waals surface area contributed by atoms with Crippen LogP contribution in [0.5, 0.6) is 0 Å². The zero-order valence-corrected chi connectivity index (χ0v) is 14.1. The van der Waals surface area contributed by atoms with Gasteiger partial charge in [-0.25, -0.2) is 4.79 Å². The average molecular weight is 329 g/mol. The highest BCUT2D eigenvalue weighted by Gasteiger charge is 2.56. The van der Waals surface area contributed by atoms with Crippen molar-refractivity contribution in [1.82, 2.24) is 10.2 Å². The van der Waals surface area contributed by atoms with E-state index >= 15 is 0 Å². The fraction of sp³-hybridized carbons (Fsp3) is 0.667. The monoisotopic (exact) mass is 328 g/mol. The van der Waals surface area contributed by atoms with E-state index in [1.54, 1.807) is 11.3 Å². The minimum atomic E-state index is -0.417. The Balaban J connectivity index is 1.43. The number of hydrogen-bond donors (Lipinski definition) is 1. The average Bonchev–Trinajstić information content (AvgIpc) is 2.77. The van der Waals surface area contributed by atoms with Crippen LogP contribution >= 0.6 is 22.9 Å². The SMILES string of the molecule is CC(C)(C)OC(=O)N1CC2C(C1)C2NCc1ccc(Cl)s1. The van der Waals surface area contributed by atoms with Crippen LogP contribution in [0, 0.1) is 11.8 Å². The van der Waals surface area contributed by atoms with E-state index in [0.29, 0.717) is 17.9 Å². The van der Waals surface area contributed by atoms with Crippen LogP contribution in [0.4, 0.5) is 4.79 Å². The topological polar surface area (TPSA) is 41.6 Å². The molecule has 1 aromatic heterocycles. The maximum Gasteiger partial charge on any atom is 0.410 e. The van der Waals surface area contributed by atoms with E-state index in [-0.39, 0.29) is 6.09 Å². The van der Waals surface area contributed by atoms with Gasteiger partial charge in [0.15, 0.2) is 0 Å². The highest BCUT2D eigenvalue weighted by molar-refractivity contribution is 7.16. The lowest BCUT2D eigenvalue weighted by Gasteiger charge is -2.26. The minimum Gasteiger partial charge on any atom is -0.444 e. The number of piperidine rings is 1. The Bertz CT molecular complexity index is 528. The molecule has 2 unspecified atom stereocenters. The van der Waals surface area contributed by atoms with Crippen molar-refractivity contribution in [3.05, 3.63) is 21.3 Å². The number of rotatable bonds is 3. The van der Waals surface area contributed by atoms with Crippen molar-refractivity contribution in [2.75, 3.05) is 13.1 Å².